The molecule has 0 aromatic carbocycles. The van der Waals surface area contributed by atoms with Crippen LogP contribution in [0.15, 0.2) is 35.8 Å². The highest BCUT2D eigenvalue weighted by Gasteiger charge is 2.13. The van der Waals surface area contributed by atoms with Gasteiger partial charge in [0.2, 0.25) is 0 Å². The van der Waals surface area contributed by atoms with Crippen LogP contribution in [0.2, 0.25) is 0 Å². The monoisotopic (exact) mass is 232 g/mol. The number of hydrogen-bond donors (Lipinski definition) is 1. The predicted molar refractivity (Wildman–Crippen MR) is 68.8 cm³/mol. The fourth-order valence-corrected chi connectivity index (χ4v) is 2.62. The molecule has 0 saturated carbocycles. The molecule has 2 aromatic rings. The van der Waals surface area contributed by atoms with Crippen molar-refractivity contribution in [2.24, 2.45) is 0 Å². The third-order valence-electron chi connectivity index (χ3n) is 2.49. The summed E-state index contributed by atoms with van der Waals surface area (Å²) in [6.45, 7) is 5.12. The van der Waals surface area contributed by atoms with Crippen LogP contribution in [0.25, 0.3) is 0 Å². The molecule has 3 heteroatoms. The highest BCUT2D eigenvalue weighted by molar-refractivity contribution is 7.10. The first-order valence-electron chi connectivity index (χ1n) is 5.50. The Kier molecular flexibility index (Phi) is 3.70. The molecule has 16 heavy (non-hydrogen) atoms. The second-order valence-electron chi connectivity index (χ2n) is 3.74. The van der Waals surface area contributed by atoms with Gasteiger partial charge in [-0.1, -0.05) is 13.0 Å². The second kappa shape index (κ2) is 5.23. The molecule has 1 atom stereocenters. The number of hydrogen-bond acceptors (Lipinski definition) is 3. The largest absolute Gasteiger partial charge is 0.306 e. The van der Waals surface area contributed by atoms with Crippen LogP contribution in [0.3, 0.4) is 0 Å². The van der Waals surface area contributed by atoms with Crippen molar-refractivity contribution in [3.63, 3.8) is 0 Å². The van der Waals surface area contributed by atoms with Crippen molar-refractivity contribution in [3.8, 4) is 0 Å². The maximum atomic E-state index is 4.24. The second-order valence-corrected chi connectivity index (χ2v) is 4.72. The first-order chi connectivity index (χ1) is 7.81. The van der Waals surface area contributed by atoms with Crippen LogP contribution in [0.5, 0.6) is 0 Å². The lowest BCUT2D eigenvalue weighted by Crippen LogP contribution is -2.21. The van der Waals surface area contributed by atoms with Crippen molar-refractivity contribution < 1.29 is 0 Å². The lowest BCUT2D eigenvalue weighted by atomic mass is 10.1. The summed E-state index contributed by atoms with van der Waals surface area (Å²) in [6, 6.07) is 8.80. The van der Waals surface area contributed by atoms with Gasteiger partial charge in [0.15, 0.2) is 0 Å². The van der Waals surface area contributed by atoms with Crippen LogP contribution in [-0.2, 0) is 0 Å². The lowest BCUT2D eigenvalue weighted by Gasteiger charge is -2.17. The van der Waals surface area contributed by atoms with Crippen molar-refractivity contribution in [1.29, 1.82) is 0 Å². The van der Waals surface area contributed by atoms with E-state index >= 15 is 0 Å². The fraction of sp³-hybridized carbons (Fsp3) is 0.308. The summed E-state index contributed by atoms with van der Waals surface area (Å²) in [4.78, 5) is 5.59. The third kappa shape index (κ3) is 2.49. The SMILES string of the molecule is CCNC(c1ccnc(C)c1)c1cccs1. The Bertz CT molecular complexity index is 437. The molecule has 2 nitrogen and oxygen atoms in total. The molecule has 0 amide bonds. The van der Waals surface area contributed by atoms with Crippen LogP contribution >= 0.6 is 11.3 Å². The smallest absolute Gasteiger partial charge is 0.0672 e. The molecule has 0 radical (unpaired) electrons. The van der Waals surface area contributed by atoms with Crippen molar-refractivity contribution in [2.45, 2.75) is 19.9 Å². The highest BCUT2D eigenvalue weighted by atomic mass is 32.1. The molecule has 2 aromatic heterocycles. The van der Waals surface area contributed by atoms with Gasteiger partial charge in [-0.2, -0.15) is 0 Å². The summed E-state index contributed by atoms with van der Waals surface area (Å²) in [5.41, 5.74) is 2.36. The van der Waals surface area contributed by atoms with E-state index in [0.717, 1.165) is 12.2 Å². The van der Waals surface area contributed by atoms with E-state index in [2.05, 4.69) is 46.9 Å². The predicted octanol–water partition coefficient (Wildman–Crippen LogP) is 3.15. The first-order valence-corrected chi connectivity index (χ1v) is 6.38. The van der Waals surface area contributed by atoms with E-state index < -0.39 is 0 Å². The number of pyridine rings is 1. The van der Waals surface area contributed by atoms with Gasteiger partial charge in [0.1, 0.15) is 0 Å². The summed E-state index contributed by atoms with van der Waals surface area (Å²) in [5.74, 6) is 0. The van der Waals surface area contributed by atoms with Crippen LogP contribution in [-0.4, -0.2) is 11.5 Å². The Morgan fingerprint density at radius 2 is 2.31 bits per heavy atom. The minimum absolute atomic E-state index is 0.298. The van der Waals surface area contributed by atoms with Gasteiger partial charge in [0, 0.05) is 16.8 Å². The summed E-state index contributed by atoms with van der Waals surface area (Å²) in [6.07, 6.45) is 1.88. The lowest BCUT2D eigenvalue weighted by molar-refractivity contribution is 0.638. The topological polar surface area (TPSA) is 24.9 Å². The molecule has 0 bridgehead atoms. The molecular weight excluding hydrogens is 216 g/mol. The van der Waals surface area contributed by atoms with Crippen molar-refractivity contribution in [1.82, 2.24) is 10.3 Å². The summed E-state index contributed by atoms with van der Waals surface area (Å²) in [5, 5.41) is 5.63. The zero-order chi connectivity index (χ0) is 11.4. The zero-order valence-electron chi connectivity index (χ0n) is 9.60. The van der Waals surface area contributed by atoms with E-state index in [1.807, 2.05) is 13.1 Å². The molecule has 84 valence electrons. The van der Waals surface area contributed by atoms with Gasteiger partial charge in [-0.25, -0.2) is 0 Å². The van der Waals surface area contributed by atoms with E-state index in [0.29, 0.717) is 6.04 Å². The van der Waals surface area contributed by atoms with Gasteiger partial charge in [-0.3, -0.25) is 4.98 Å². The van der Waals surface area contributed by atoms with E-state index in [-0.39, 0.29) is 0 Å². The van der Waals surface area contributed by atoms with Gasteiger partial charge in [-0.15, -0.1) is 11.3 Å². The molecule has 1 N–H and O–H groups in total. The summed E-state index contributed by atoms with van der Waals surface area (Å²) < 4.78 is 0. The minimum Gasteiger partial charge on any atom is -0.306 e. The number of aryl methyl sites for hydroxylation is 1. The van der Waals surface area contributed by atoms with Crippen molar-refractivity contribution in [3.05, 3.63) is 52.0 Å². The highest BCUT2D eigenvalue weighted by Crippen LogP contribution is 2.25. The Morgan fingerprint density at radius 1 is 1.44 bits per heavy atom. The number of rotatable bonds is 4. The van der Waals surface area contributed by atoms with Gasteiger partial charge in [0.05, 0.1) is 6.04 Å². The number of thiophene rings is 1. The van der Waals surface area contributed by atoms with Gasteiger partial charge in [0.25, 0.3) is 0 Å². The third-order valence-corrected chi connectivity index (χ3v) is 3.43. The Morgan fingerprint density at radius 3 is 2.94 bits per heavy atom. The average molecular weight is 232 g/mol. The van der Waals surface area contributed by atoms with Gasteiger partial charge < -0.3 is 5.32 Å². The Labute approximate surface area is 100 Å². The van der Waals surface area contributed by atoms with Crippen molar-refractivity contribution in [2.75, 3.05) is 6.54 Å². The molecule has 0 fully saturated rings. The number of nitrogens with one attached hydrogen (secondary N) is 1. The zero-order valence-corrected chi connectivity index (χ0v) is 10.4. The summed E-state index contributed by atoms with van der Waals surface area (Å²) >= 11 is 1.79. The molecular formula is C13H16N2S. The molecule has 2 heterocycles. The molecule has 0 saturated heterocycles. The molecule has 0 spiro atoms. The quantitative estimate of drug-likeness (QED) is 0.876. The molecule has 0 aliphatic carbocycles. The first kappa shape index (κ1) is 11.3. The van der Waals surface area contributed by atoms with E-state index in [1.54, 1.807) is 11.3 Å². The van der Waals surface area contributed by atoms with Crippen molar-refractivity contribution >= 4 is 11.3 Å². The average Bonchev–Trinajstić information content (AvgIpc) is 2.79. The number of nitrogens with zero attached hydrogens (tertiary/aromatic N) is 1. The molecule has 0 aliphatic heterocycles. The van der Waals surface area contributed by atoms with Crippen LogP contribution in [0.1, 0.15) is 29.1 Å². The molecule has 1 unspecified atom stereocenters. The van der Waals surface area contributed by atoms with Crippen LogP contribution < -0.4 is 5.32 Å². The maximum absolute atomic E-state index is 4.24. The Hall–Kier alpha value is -1.19. The molecule has 2 rings (SSSR count). The number of aromatic nitrogens is 1. The summed E-state index contributed by atoms with van der Waals surface area (Å²) in [7, 11) is 0. The molecule has 0 aliphatic rings. The van der Waals surface area contributed by atoms with E-state index in [4.69, 9.17) is 0 Å². The van der Waals surface area contributed by atoms with Gasteiger partial charge in [-0.05, 0) is 42.6 Å². The fourth-order valence-electron chi connectivity index (χ4n) is 1.79. The van der Waals surface area contributed by atoms with Gasteiger partial charge >= 0.3 is 0 Å². The maximum Gasteiger partial charge on any atom is 0.0672 e. The Balaban J connectivity index is 2.33. The van der Waals surface area contributed by atoms with E-state index in [9.17, 15) is 0 Å². The van der Waals surface area contributed by atoms with E-state index in [1.165, 1.54) is 10.4 Å². The van der Waals surface area contributed by atoms with Crippen LogP contribution in [0, 0.1) is 6.92 Å². The van der Waals surface area contributed by atoms with Crippen LogP contribution in [0.4, 0.5) is 0 Å². The normalized spacial score (nSPS) is 12.6. The minimum atomic E-state index is 0.298. The standard InChI is InChI=1S/C13H16N2S/c1-3-14-13(12-5-4-8-16-12)11-6-7-15-10(2)9-11/h4-9,13-14H,3H2,1-2H3.